The molecule has 0 bridgehead atoms. The Hall–Kier alpha value is -1.43. The van der Waals surface area contributed by atoms with E-state index in [0.717, 1.165) is 10.8 Å². The fourth-order valence-corrected chi connectivity index (χ4v) is 3.85. The van der Waals surface area contributed by atoms with Gasteiger partial charge in [-0.1, -0.05) is 25.3 Å². The number of ether oxygens (including phenoxy) is 1. The molecule has 1 unspecified atom stereocenters. The van der Waals surface area contributed by atoms with Crippen LogP contribution in [0.2, 0.25) is 0 Å². The van der Waals surface area contributed by atoms with Crippen LogP contribution in [0.3, 0.4) is 0 Å². The van der Waals surface area contributed by atoms with Crippen LogP contribution in [0.25, 0.3) is 0 Å². The van der Waals surface area contributed by atoms with Crippen LogP contribution in [0.15, 0.2) is 29.8 Å². The van der Waals surface area contributed by atoms with Crippen LogP contribution in [0.5, 0.6) is 5.75 Å². The average Bonchev–Trinajstić information content (AvgIpc) is 3.13. The van der Waals surface area contributed by atoms with Gasteiger partial charge in [-0.25, -0.2) is 10.9 Å². The summed E-state index contributed by atoms with van der Waals surface area (Å²) in [5.74, 6) is 6.91. The molecule has 0 amide bonds. The van der Waals surface area contributed by atoms with E-state index in [4.69, 9.17) is 15.5 Å². The van der Waals surface area contributed by atoms with Gasteiger partial charge in [-0.3, -0.25) is 4.84 Å². The van der Waals surface area contributed by atoms with Crippen molar-refractivity contribution in [2.75, 3.05) is 0 Å². The van der Waals surface area contributed by atoms with Gasteiger partial charge in [-0.15, -0.1) is 11.3 Å². The van der Waals surface area contributed by atoms with Crippen LogP contribution in [0.4, 0.5) is 0 Å². The normalized spacial score (nSPS) is 17.1. The smallest absolute Gasteiger partial charge is 0.140 e. The van der Waals surface area contributed by atoms with Gasteiger partial charge in [0.05, 0.1) is 0 Å². The summed E-state index contributed by atoms with van der Waals surface area (Å²) in [5, 5.41) is 2.96. The largest absolute Gasteiger partial charge is 0.486 e. The molecule has 2 N–H and O–H groups in total. The predicted molar refractivity (Wildman–Crippen MR) is 92.4 cm³/mol. The number of hydrogen-bond acceptors (Lipinski definition) is 5. The van der Waals surface area contributed by atoms with E-state index in [1.165, 1.54) is 43.2 Å². The van der Waals surface area contributed by atoms with Gasteiger partial charge < -0.3 is 4.74 Å². The van der Waals surface area contributed by atoms with Gasteiger partial charge in [0, 0.05) is 11.6 Å². The molecule has 23 heavy (non-hydrogen) atoms. The summed E-state index contributed by atoms with van der Waals surface area (Å²) in [6, 6.07) is 6.28. The van der Waals surface area contributed by atoms with E-state index in [0.29, 0.717) is 12.5 Å². The van der Waals surface area contributed by atoms with E-state index >= 15 is 0 Å². The monoisotopic (exact) mass is 332 g/mol. The lowest BCUT2D eigenvalue weighted by molar-refractivity contribution is 0.0653. The molecule has 5 heteroatoms. The number of nitrogens with two attached hydrogens (primary N) is 1. The summed E-state index contributed by atoms with van der Waals surface area (Å²) in [4.78, 5) is 9.34. The molecule has 1 aromatic heterocycles. The maximum Gasteiger partial charge on any atom is 0.140 e. The molecule has 0 spiro atoms. The van der Waals surface area contributed by atoms with Crippen molar-refractivity contribution in [1.82, 2.24) is 4.98 Å². The third-order valence-corrected chi connectivity index (χ3v) is 5.34. The molecule has 1 heterocycles. The van der Waals surface area contributed by atoms with E-state index < -0.39 is 0 Å². The van der Waals surface area contributed by atoms with Crippen molar-refractivity contribution >= 4 is 11.3 Å². The van der Waals surface area contributed by atoms with Crippen LogP contribution >= 0.6 is 11.3 Å². The van der Waals surface area contributed by atoms with E-state index in [9.17, 15) is 0 Å². The SMILES string of the molecule is CC(ON)c1ccc(OCc2nccs2)cc1C1CCCCC1. The molecule has 4 nitrogen and oxygen atoms in total. The maximum absolute atomic E-state index is 5.93. The number of rotatable bonds is 6. The molecular formula is C18H24N2O2S. The van der Waals surface area contributed by atoms with Gasteiger partial charge in [-0.05, 0) is 48.9 Å². The number of aromatic nitrogens is 1. The first kappa shape index (κ1) is 16.4. The molecule has 1 aliphatic carbocycles. The van der Waals surface area contributed by atoms with Crippen LogP contribution < -0.4 is 10.6 Å². The van der Waals surface area contributed by atoms with E-state index in [-0.39, 0.29) is 6.10 Å². The third kappa shape index (κ3) is 4.10. The second kappa shape index (κ2) is 7.90. The van der Waals surface area contributed by atoms with E-state index in [1.54, 1.807) is 17.5 Å². The zero-order chi connectivity index (χ0) is 16.1. The fraction of sp³-hybridized carbons (Fsp3) is 0.500. The minimum absolute atomic E-state index is 0.0973. The quantitative estimate of drug-likeness (QED) is 0.778. The summed E-state index contributed by atoms with van der Waals surface area (Å²) in [5.41, 5.74) is 2.51. The zero-order valence-electron chi connectivity index (χ0n) is 13.5. The highest BCUT2D eigenvalue weighted by Crippen LogP contribution is 2.38. The van der Waals surface area contributed by atoms with Crippen LogP contribution in [0, 0.1) is 0 Å². The van der Waals surface area contributed by atoms with Crippen molar-refractivity contribution in [2.45, 2.75) is 57.7 Å². The Morgan fingerprint density at radius 2 is 2.13 bits per heavy atom. The Balaban J connectivity index is 1.81. The molecule has 1 fully saturated rings. The van der Waals surface area contributed by atoms with Crippen molar-refractivity contribution < 1.29 is 9.57 Å². The Morgan fingerprint density at radius 3 is 2.83 bits per heavy atom. The van der Waals surface area contributed by atoms with Crippen LogP contribution in [-0.4, -0.2) is 4.98 Å². The van der Waals surface area contributed by atoms with Crippen LogP contribution in [-0.2, 0) is 11.4 Å². The van der Waals surface area contributed by atoms with Crippen molar-refractivity contribution in [1.29, 1.82) is 0 Å². The molecule has 1 saturated carbocycles. The molecule has 124 valence electrons. The molecule has 2 aromatic rings. The Kier molecular flexibility index (Phi) is 5.65. The van der Waals surface area contributed by atoms with Gasteiger partial charge >= 0.3 is 0 Å². The lowest BCUT2D eigenvalue weighted by Gasteiger charge is -2.26. The standard InChI is InChI=1S/C18H24N2O2S/c1-13(22-19)16-8-7-15(21-12-18-20-9-10-23-18)11-17(16)14-5-3-2-4-6-14/h7-11,13-14H,2-6,12,19H2,1H3. The lowest BCUT2D eigenvalue weighted by atomic mass is 9.81. The first-order chi connectivity index (χ1) is 11.3. The second-order valence-electron chi connectivity index (χ2n) is 6.12. The highest BCUT2D eigenvalue weighted by atomic mass is 32.1. The molecule has 1 aliphatic rings. The topological polar surface area (TPSA) is 57.4 Å². The molecular weight excluding hydrogens is 308 g/mol. The predicted octanol–water partition coefficient (Wildman–Crippen LogP) is 4.72. The highest BCUT2D eigenvalue weighted by molar-refractivity contribution is 7.09. The van der Waals surface area contributed by atoms with Gasteiger partial charge in [0.1, 0.15) is 23.5 Å². The highest BCUT2D eigenvalue weighted by Gasteiger charge is 2.21. The van der Waals surface area contributed by atoms with Gasteiger partial charge in [0.2, 0.25) is 0 Å². The minimum atomic E-state index is -0.0973. The summed E-state index contributed by atoms with van der Waals surface area (Å²) in [6.45, 7) is 2.52. The van der Waals surface area contributed by atoms with E-state index in [2.05, 4.69) is 17.1 Å². The average molecular weight is 332 g/mol. The van der Waals surface area contributed by atoms with E-state index in [1.807, 2.05) is 18.4 Å². The first-order valence-corrected chi connectivity index (χ1v) is 9.16. The minimum Gasteiger partial charge on any atom is -0.486 e. The summed E-state index contributed by atoms with van der Waals surface area (Å²) in [7, 11) is 0. The third-order valence-electron chi connectivity index (χ3n) is 4.59. The number of benzene rings is 1. The Bertz CT molecular complexity index is 609. The lowest BCUT2D eigenvalue weighted by Crippen LogP contribution is -2.13. The Labute approximate surface area is 141 Å². The molecule has 0 saturated heterocycles. The molecule has 0 radical (unpaired) electrons. The molecule has 1 atom stereocenters. The fourth-order valence-electron chi connectivity index (χ4n) is 3.32. The van der Waals surface area contributed by atoms with Crippen molar-refractivity contribution in [2.24, 2.45) is 5.90 Å². The number of hydrogen-bond donors (Lipinski definition) is 1. The second-order valence-corrected chi connectivity index (χ2v) is 7.10. The molecule has 0 aliphatic heterocycles. The van der Waals surface area contributed by atoms with Gasteiger partial charge in [0.15, 0.2) is 0 Å². The van der Waals surface area contributed by atoms with Crippen molar-refractivity contribution in [3.8, 4) is 5.75 Å². The zero-order valence-corrected chi connectivity index (χ0v) is 14.3. The maximum atomic E-state index is 5.93. The number of thiazole rings is 1. The molecule has 1 aromatic carbocycles. The summed E-state index contributed by atoms with van der Waals surface area (Å²) in [6.07, 6.45) is 8.12. The van der Waals surface area contributed by atoms with Crippen molar-refractivity contribution in [3.63, 3.8) is 0 Å². The summed E-state index contributed by atoms with van der Waals surface area (Å²) >= 11 is 1.61. The van der Waals surface area contributed by atoms with Crippen molar-refractivity contribution in [3.05, 3.63) is 45.9 Å². The van der Waals surface area contributed by atoms with Gasteiger partial charge in [0.25, 0.3) is 0 Å². The summed E-state index contributed by atoms with van der Waals surface area (Å²) < 4.78 is 5.93. The Morgan fingerprint density at radius 1 is 1.30 bits per heavy atom. The van der Waals surface area contributed by atoms with Gasteiger partial charge in [-0.2, -0.15) is 0 Å². The first-order valence-electron chi connectivity index (χ1n) is 8.28. The molecule has 3 rings (SSSR count). The number of nitrogens with zero attached hydrogens (tertiary/aromatic N) is 1. The van der Waals surface area contributed by atoms with Crippen LogP contribution in [0.1, 0.15) is 67.2 Å².